The molecule has 4 heteroatoms. The van der Waals surface area contributed by atoms with Crippen molar-refractivity contribution in [3.05, 3.63) is 18.0 Å². The number of carbonyl (C=O) groups is 1. The Morgan fingerprint density at radius 2 is 2.19 bits per heavy atom. The van der Waals surface area contributed by atoms with Crippen molar-refractivity contribution in [3.8, 4) is 0 Å². The quantitative estimate of drug-likeness (QED) is 0.763. The molecule has 88 valence electrons. The Hall–Kier alpha value is -1.32. The Labute approximate surface area is 96.2 Å². The van der Waals surface area contributed by atoms with E-state index >= 15 is 0 Å². The van der Waals surface area contributed by atoms with Gasteiger partial charge in [0.05, 0.1) is 0 Å². The summed E-state index contributed by atoms with van der Waals surface area (Å²) in [5, 5.41) is 4.25. The molecule has 0 aliphatic carbocycles. The molecule has 2 heterocycles. The molecular weight excluding hydrogens is 202 g/mol. The standard InChI is InChI=1S/C12H19N3O/c1-3-15-9-6-11(13-15)12(16)14-7-4-10(2)5-8-14/h6,9-10H,3-5,7-8H2,1-2H3. The zero-order valence-corrected chi connectivity index (χ0v) is 10.0. The van der Waals surface area contributed by atoms with Crippen molar-refractivity contribution >= 4 is 5.91 Å². The van der Waals surface area contributed by atoms with Crippen molar-refractivity contribution in [3.63, 3.8) is 0 Å². The number of hydrogen-bond acceptors (Lipinski definition) is 2. The first-order valence-electron chi connectivity index (χ1n) is 6.03. The summed E-state index contributed by atoms with van der Waals surface area (Å²) in [4.78, 5) is 14.0. The Balaban J connectivity index is 2.01. The van der Waals surface area contributed by atoms with E-state index in [0.717, 1.165) is 38.4 Å². The van der Waals surface area contributed by atoms with Gasteiger partial charge in [0.2, 0.25) is 0 Å². The van der Waals surface area contributed by atoms with Crippen LogP contribution in [0.5, 0.6) is 0 Å². The summed E-state index contributed by atoms with van der Waals surface area (Å²) in [7, 11) is 0. The van der Waals surface area contributed by atoms with Crippen molar-refractivity contribution in [1.29, 1.82) is 0 Å². The summed E-state index contributed by atoms with van der Waals surface area (Å²) in [5.74, 6) is 0.830. The molecule has 16 heavy (non-hydrogen) atoms. The van der Waals surface area contributed by atoms with E-state index < -0.39 is 0 Å². The lowest BCUT2D eigenvalue weighted by molar-refractivity contribution is 0.0690. The predicted molar refractivity (Wildman–Crippen MR) is 62.2 cm³/mol. The molecule has 0 atom stereocenters. The number of likely N-dealkylation sites (tertiary alicyclic amines) is 1. The molecule has 4 nitrogen and oxygen atoms in total. The number of hydrogen-bond donors (Lipinski definition) is 0. The van der Waals surface area contributed by atoms with E-state index in [2.05, 4.69) is 12.0 Å². The fourth-order valence-corrected chi connectivity index (χ4v) is 2.03. The lowest BCUT2D eigenvalue weighted by Gasteiger charge is -2.29. The zero-order chi connectivity index (χ0) is 11.5. The lowest BCUT2D eigenvalue weighted by Crippen LogP contribution is -2.38. The number of aromatic nitrogens is 2. The number of nitrogens with zero attached hydrogens (tertiary/aromatic N) is 3. The van der Waals surface area contributed by atoms with Gasteiger partial charge in [-0.05, 0) is 31.7 Å². The second kappa shape index (κ2) is 4.68. The van der Waals surface area contributed by atoms with E-state index in [1.165, 1.54) is 0 Å². The van der Waals surface area contributed by atoms with Crippen LogP contribution in [0.4, 0.5) is 0 Å². The van der Waals surface area contributed by atoms with Crippen LogP contribution < -0.4 is 0 Å². The minimum Gasteiger partial charge on any atom is -0.337 e. The van der Waals surface area contributed by atoms with Gasteiger partial charge in [0, 0.05) is 25.8 Å². The maximum absolute atomic E-state index is 12.1. The van der Waals surface area contributed by atoms with E-state index in [-0.39, 0.29) is 5.91 Å². The van der Waals surface area contributed by atoms with E-state index in [1.54, 1.807) is 4.68 Å². The summed E-state index contributed by atoms with van der Waals surface area (Å²) in [5.41, 5.74) is 0.580. The highest BCUT2D eigenvalue weighted by atomic mass is 16.2. The van der Waals surface area contributed by atoms with Crippen molar-refractivity contribution in [2.24, 2.45) is 5.92 Å². The maximum atomic E-state index is 12.1. The Bertz CT molecular complexity index is 364. The molecule has 1 fully saturated rings. The van der Waals surface area contributed by atoms with Crippen LogP contribution in [0.25, 0.3) is 0 Å². The molecule has 0 radical (unpaired) electrons. The van der Waals surface area contributed by atoms with Gasteiger partial charge < -0.3 is 4.90 Å². The third-order valence-corrected chi connectivity index (χ3v) is 3.25. The van der Waals surface area contributed by atoms with E-state index in [1.807, 2.05) is 24.1 Å². The van der Waals surface area contributed by atoms with Crippen LogP contribution in [0.2, 0.25) is 0 Å². The predicted octanol–water partition coefficient (Wildman–Crippen LogP) is 1.78. The van der Waals surface area contributed by atoms with Gasteiger partial charge in [-0.1, -0.05) is 6.92 Å². The van der Waals surface area contributed by atoms with Crippen molar-refractivity contribution in [1.82, 2.24) is 14.7 Å². The molecule has 1 aromatic rings. The van der Waals surface area contributed by atoms with Crippen LogP contribution >= 0.6 is 0 Å². The van der Waals surface area contributed by atoms with Crippen LogP contribution in [0.15, 0.2) is 12.3 Å². The fraction of sp³-hybridized carbons (Fsp3) is 0.667. The summed E-state index contributed by atoms with van der Waals surface area (Å²) < 4.78 is 1.79. The monoisotopic (exact) mass is 221 g/mol. The van der Waals surface area contributed by atoms with Gasteiger partial charge in [0.1, 0.15) is 5.69 Å². The number of amides is 1. The van der Waals surface area contributed by atoms with Crippen molar-refractivity contribution in [2.45, 2.75) is 33.2 Å². The fourth-order valence-electron chi connectivity index (χ4n) is 2.03. The third kappa shape index (κ3) is 2.26. The number of carbonyl (C=O) groups excluding carboxylic acids is 1. The SMILES string of the molecule is CCn1ccc(C(=O)N2CCC(C)CC2)n1. The Morgan fingerprint density at radius 1 is 1.50 bits per heavy atom. The molecule has 1 amide bonds. The average Bonchev–Trinajstić information content (AvgIpc) is 2.77. The minimum atomic E-state index is 0.0825. The van der Waals surface area contributed by atoms with Gasteiger partial charge in [-0.3, -0.25) is 9.48 Å². The molecule has 0 bridgehead atoms. The van der Waals surface area contributed by atoms with Crippen LogP contribution in [0, 0.1) is 5.92 Å². The molecule has 1 saturated heterocycles. The first kappa shape index (κ1) is 11.2. The van der Waals surface area contributed by atoms with E-state index in [4.69, 9.17) is 0 Å². The summed E-state index contributed by atoms with van der Waals surface area (Å²) in [6.45, 7) is 6.82. The van der Waals surface area contributed by atoms with Crippen molar-refractivity contribution in [2.75, 3.05) is 13.1 Å². The van der Waals surface area contributed by atoms with Gasteiger partial charge >= 0.3 is 0 Å². The van der Waals surface area contributed by atoms with Crippen LogP contribution in [-0.4, -0.2) is 33.7 Å². The molecular formula is C12H19N3O. The molecule has 0 saturated carbocycles. The summed E-state index contributed by atoms with van der Waals surface area (Å²) in [6, 6.07) is 1.81. The Morgan fingerprint density at radius 3 is 2.75 bits per heavy atom. The Kier molecular flexibility index (Phi) is 3.27. The first-order chi connectivity index (χ1) is 7.70. The molecule has 0 spiro atoms. The maximum Gasteiger partial charge on any atom is 0.274 e. The van der Waals surface area contributed by atoms with Gasteiger partial charge in [-0.2, -0.15) is 5.10 Å². The van der Waals surface area contributed by atoms with Crippen LogP contribution in [-0.2, 0) is 6.54 Å². The molecule has 0 aromatic carbocycles. The average molecular weight is 221 g/mol. The molecule has 0 unspecified atom stereocenters. The van der Waals surface area contributed by atoms with Gasteiger partial charge in [0.15, 0.2) is 0 Å². The molecule has 0 N–H and O–H groups in total. The molecule has 1 aromatic heterocycles. The van der Waals surface area contributed by atoms with E-state index in [9.17, 15) is 4.79 Å². The minimum absolute atomic E-state index is 0.0825. The van der Waals surface area contributed by atoms with Gasteiger partial charge in [-0.25, -0.2) is 0 Å². The zero-order valence-electron chi connectivity index (χ0n) is 10.0. The number of aryl methyl sites for hydroxylation is 1. The van der Waals surface area contributed by atoms with Gasteiger partial charge in [0.25, 0.3) is 5.91 Å². The second-order valence-corrected chi connectivity index (χ2v) is 4.53. The van der Waals surface area contributed by atoms with Gasteiger partial charge in [-0.15, -0.1) is 0 Å². The highest BCUT2D eigenvalue weighted by Gasteiger charge is 2.22. The first-order valence-corrected chi connectivity index (χ1v) is 6.03. The second-order valence-electron chi connectivity index (χ2n) is 4.53. The smallest absolute Gasteiger partial charge is 0.274 e. The van der Waals surface area contributed by atoms with E-state index in [0.29, 0.717) is 5.69 Å². The van der Waals surface area contributed by atoms with Crippen LogP contribution in [0.1, 0.15) is 37.2 Å². The topological polar surface area (TPSA) is 38.1 Å². The van der Waals surface area contributed by atoms with Crippen LogP contribution in [0.3, 0.4) is 0 Å². The normalized spacial score (nSPS) is 17.8. The van der Waals surface area contributed by atoms with Crippen molar-refractivity contribution < 1.29 is 4.79 Å². The molecule has 2 rings (SSSR count). The number of rotatable bonds is 2. The summed E-state index contributed by atoms with van der Waals surface area (Å²) in [6.07, 6.45) is 4.08. The highest BCUT2D eigenvalue weighted by molar-refractivity contribution is 5.92. The highest BCUT2D eigenvalue weighted by Crippen LogP contribution is 2.17. The molecule has 1 aliphatic heterocycles. The number of piperidine rings is 1. The largest absolute Gasteiger partial charge is 0.337 e. The third-order valence-electron chi connectivity index (χ3n) is 3.25. The summed E-state index contributed by atoms with van der Waals surface area (Å²) >= 11 is 0. The molecule has 1 aliphatic rings. The lowest BCUT2D eigenvalue weighted by atomic mass is 9.99.